The average Bonchev–Trinajstić information content (AvgIpc) is 2.79. The van der Waals surface area contributed by atoms with Crippen LogP contribution in [0.1, 0.15) is 22.8 Å². The fraction of sp³-hybridized carbons (Fsp3) is 0.167. The van der Waals surface area contributed by atoms with Crippen LogP contribution in [0.25, 0.3) is 0 Å². The summed E-state index contributed by atoms with van der Waals surface area (Å²) in [7, 11) is 0. The van der Waals surface area contributed by atoms with E-state index in [9.17, 15) is 18.4 Å². The van der Waals surface area contributed by atoms with Crippen molar-refractivity contribution in [3.05, 3.63) is 83.9 Å². The minimum Gasteiger partial charge on any atom is -0.433 e. The largest absolute Gasteiger partial charge is 0.433 e. The number of para-hydroxylation sites is 3. The minimum atomic E-state index is -3.00. The molecule has 3 rings (SSSR count). The van der Waals surface area contributed by atoms with Crippen molar-refractivity contribution >= 4 is 28.9 Å². The molecule has 3 aromatic carbocycles. The lowest BCUT2D eigenvalue weighted by Crippen LogP contribution is -2.23. The Morgan fingerprint density at radius 2 is 1.53 bits per heavy atom. The standard InChI is InChI=1S/C24H23F2N3O3/c1-2-16-11-13-17(14-12-16)28-23(31)18-7-3-4-8-19(18)27-15-22(30)29-20-9-5-6-10-21(20)32-24(25)26/h3-14,24,27H,2,15H2,1H3,(H,28,31)(H,29,30). The van der Waals surface area contributed by atoms with Crippen LogP contribution in [0.15, 0.2) is 72.8 Å². The van der Waals surface area contributed by atoms with E-state index in [1.807, 2.05) is 24.3 Å². The van der Waals surface area contributed by atoms with Crippen molar-refractivity contribution in [2.75, 3.05) is 22.5 Å². The minimum absolute atomic E-state index is 0.126. The SMILES string of the molecule is CCc1ccc(NC(=O)c2ccccc2NCC(=O)Nc2ccccc2OC(F)F)cc1. The van der Waals surface area contributed by atoms with Crippen LogP contribution in [0, 0.1) is 0 Å². The summed E-state index contributed by atoms with van der Waals surface area (Å²) in [5.41, 5.74) is 2.77. The molecule has 0 aliphatic rings. The van der Waals surface area contributed by atoms with Gasteiger partial charge in [-0.1, -0.05) is 43.3 Å². The molecular weight excluding hydrogens is 416 g/mol. The van der Waals surface area contributed by atoms with Gasteiger partial charge in [-0.3, -0.25) is 9.59 Å². The Bertz CT molecular complexity index is 1070. The molecular formula is C24H23F2N3O3. The van der Waals surface area contributed by atoms with Gasteiger partial charge < -0.3 is 20.7 Å². The van der Waals surface area contributed by atoms with E-state index >= 15 is 0 Å². The van der Waals surface area contributed by atoms with Crippen molar-refractivity contribution in [2.45, 2.75) is 20.0 Å². The number of carbonyl (C=O) groups excluding carboxylic acids is 2. The van der Waals surface area contributed by atoms with Crippen molar-refractivity contribution in [1.82, 2.24) is 0 Å². The summed E-state index contributed by atoms with van der Waals surface area (Å²) in [6.45, 7) is -1.14. The van der Waals surface area contributed by atoms with Gasteiger partial charge in [0.15, 0.2) is 0 Å². The lowest BCUT2D eigenvalue weighted by atomic mass is 10.1. The van der Waals surface area contributed by atoms with E-state index in [2.05, 4.69) is 27.6 Å². The Kier molecular flexibility index (Phi) is 7.75. The molecule has 3 aromatic rings. The van der Waals surface area contributed by atoms with E-state index < -0.39 is 12.5 Å². The van der Waals surface area contributed by atoms with Gasteiger partial charge in [-0.15, -0.1) is 0 Å². The lowest BCUT2D eigenvalue weighted by molar-refractivity contribution is -0.114. The highest BCUT2D eigenvalue weighted by Crippen LogP contribution is 2.25. The molecule has 0 saturated carbocycles. The molecule has 3 N–H and O–H groups in total. The van der Waals surface area contributed by atoms with Gasteiger partial charge in [0.05, 0.1) is 17.8 Å². The zero-order chi connectivity index (χ0) is 22.9. The van der Waals surface area contributed by atoms with Crippen molar-refractivity contribution in [2.24, 2.45) is 0 Å². The summed E-state index contributed by atoms with van der Waals surface area (Å²) in [6, 6.07) is 20.2. The van der Waals surface area contributed by atoms with Crippen LogP contribution in [0.4, 0.5) is 25.8 Å². The molecule has 0 saturated heterocycles. The van der Waals surface area contributed by atoms with Crippen LogP contribution >= 0.6 is 0 Å². The first-order chi connectivity index (χ1) is 15.5. The van der Waals surface area contributed by atoms with E-state index in [-0.39, 0.29) is 23.9 Å². The summed E-state index contributed by atoms with van der Waals surface area (Å²) >= 11 is 0. The second-order valence-electron chi connectivity index (χ2n) is 6.83. The molecule has 0 aliphatic carbocycles. The predicted octanol–water partition coefficient (Wildman–Crippen LogP) is 5.15. The number of benzene rings is 3. The Balaban J connectivity index is 1.63. The Labute approximate surface area is 184 Å². The Morgan fingerprint density at radius 1 is 0.875 bits per heavy atom. The van der Waals surface area contributed by atoms with E-state index in [4.69, 9.17) is 0 Å². The van der Waals surface area contributed by atoms with Crippen LogP contribution in [-0.4, -0.2) is 25.0 Å². The lowest BCUT2D eigenvalue weighted by Gasteiger charge is -2.14. The smallest absolute Gasteiger partial charge is 0.387 e. The fourth-order valence-electron chi connectivity index (χ4n) is 3.00. The number of hydrogen-bond acceptors (Lipinski definition) is 4. The highest BCUT2D eigenvalue weighted by Gasteiger charge is 2.14. The summed E-state index contributed by atoms with van der Waals surface area (Å²) in [6.07, 6.45) is 0.905. The monoisotopic (exact) mass is 439 g/mol. The highest BCUT2D eigenvalue weighted by molar-refractivity contribution is 6.08. The van der Waals surface area contributed by atoms with Gasteiger partial charge in [0.1, 0.15) is 5.75 Å². The number of rotatable bonds is 9. The molecule has 0 fully saturated rings. The normalized spacial score (nSPS) is 10.5. The third kappa shape index (κ3) is 6.28. The average molecular weight is 439 g/mol. The zero-order valence-electron chi connectivity index (χ0n) is 17.4. The Hall–Kier alpha value is -3.94. The number of hydrogen-bond donors (Lipinski definition) is 3. The van der Waals surface area contributed by atoms with Crippen LogP contribution in [0.5, 0.6) is 5.75 Å². The van der Waals surface area contributed by atoms with Crippen LogP contribution < -0.4 is 20.7 Å². The molecule has 0 unspecified atom stereocenters. The number of nitrogens with one attached hydrogen (secondary N) is 3. The maximum atomic E-state index is 12.7. The molecule has 2 amide bonds. The second kappa shape index (κ2) is 10.9. The molecule has 6 nitrogen and oxygen atoms in total. The molecule has 0 heterocycles. The van der Waals surface area contributed by atoms with Gasteiger partial charge in [-0.05, 0) is 48.4 Å². The third-order valence-electron chi connectivity index (χ3n) is 4.61. The predicted molar refractivity (Wildman–Crippen MR) is 120 cm³/mol. The number of carbonyl (C=O) groups is 2. The first-order valence-electron chi connectivity index (χ1n) is 10.0. The summed E-state index contributed by atoms with van der Waals surface area (Å²) < 4.78 is 29.5. The van der Waals surface area contributed by atoms with Crippen LogP contribution in [0.3, 0.4) is 0 Å². The van der Waals surface area contributed by atoms with E-state index in [1.54, 1.807) is 30.3 Å². The van der Waals surface area contributed by atoms with Gasteiger partial charge in [0.2, 0.25) is 5.91 Å². The quantitative estimate of drug-likeness (QED) is 0.431. The van der Waals surface area contributed by atoms with E-state index in [0.717, 1.165) is 12.0 Å². The molecule has 0 radical (unpaired) electrons. The first-order valence-corrected chi connectivity index (χ1v) is 10.0. The number of halogens is 2. The zero-order valence-corrected chi connectivity index (χ0v) is 17.4. The van der Waals surface area contributed by atoms with Gasteiger partial charge >= 0.3 is 6.61 Å². The first kappa shape index (κ1) is 22.7. The maximum absolute atomic E-state index is 12.7. The Morgan fingerprint density at radius 3 is 2.22 bits per heavy atom. The second-order valence-corrected chi connectivity index (χ2v) is 6.83. The van der Waals surface area contributed by atoms with Gasteiger partial charge in [-0.2, -0.15) is 8.78 Å². The third-order valence-corrected chi connectivity index (χ3v) is 4.61. The van der Waals surface area contributed by atoms with Crippen molar-refractivity contribution in [3.8, 4) is 5.75 Å². The molecule has 166 valence electrons. The summed E-state index contributed by atoms with van der Waals surface area (Å²) in [5.74, 6) is -0.946. The fourth-order valence-corrected chi connectivity index (χ4v) is 3.00. The molecule has 8 heteroatoms. The van der Waals surface area contributed by atoms with Crippen molar-refractivity contribution in [3.63, 3.8) is 0 Å². The molecule has 0 aliphatic heterocycles. The number of ether oxygens (including phenoxy) is 1. The molecule has 0 aromatic heterocycles. The van der Waals surface area contributed by atoms with E-state index in [1.165, 1.54) is 18.2 Å². The number of alkyl halides is 2. The van der Waals surface area contributed by atoms with Crippen molar-refractivity contribution < 1.29 is 23.1 Å². The highest BCUT2D eigenvalue weighted by atomic mass is 19.3. The molecule has 0 atom stereocenters. The number of anilines is 3. The molecule has 0 spiro atoms. The molecule has 0 bridgehead atoms. The summed E-state index contributed by atoms with van der Waals surface area (Å²) in [4.78, 5) is 25.1. The number of aryl methyl sites for hydroxylation is 1. The van der Waals surface area contributed by atoms with Crippen molar-refractivity contribution in [1.29, 1.82) is 0 Å². The maximum Gasteiger partial charge on any atom is 0.387 e. The van der Waals surface area contributed by atoms with Gasteiger partial charge in [-0.25, -0.2) is 0 Å². The van der Waals surface area contributed by atoms with Crippen LogP contribution in [0.2, 0.25) is 0 Å². The summed E-state index contributed by atoms with van der Waals surface area (Å²) in [5, 5.41) is 8.28. The van der Waals surface area contributed by atoms with Gasteiger partial charge in [0, 0.05) is 11.4 Å². The van der Waals surface area contributed by atoms with Gasteiger partial charge in [0.25, 0.3) is 5.91 Å². The topological polar surface area (TPSA) is 79.5 Å². The number of amides is 2. The van der Waals surface area contributed by atoms with Crippen LogP contribution in [-0.2, 0) is 11.2 Å². The molecule has 32 heavy (non-hydrogen) atoms. The van der Waals surface area contributed by atoms with E-state index in [0.29, 0.717) is 16.9 Å².